The summed E-state index contributed by atoms with van der Waals surface area (Å²) in [5, 5.41) is 7.81. The van der Waals surface area contributed by atoms with Gasteiger partial charge < -0.3 is 14.8 Å². The van der Waals surface area contributed by atoms with Crippen LogP contribution in [0.5, 0.6) is 0 Å². The fraction of sp³-hybridized carbons (Fsp3) is 0.556. The maximum Gasteiger partial charge on any atom is 0.193 e. The molecule has 1 fully saturated rings. The lowest BCUT2D eigenvalue weighted by atomic mass is 9.93. The van der Waals surface area contributed by atoms with Crippen molar-refractivity contribution in [1.29, 1.82) is 0 Å². The number of guanidine groups is 1. The van der Waals surface area contributed by atoms with Gasteiger partial charge in [0.15, 0.2) is 5.96 Å². The first-order chi connectivity index (χ1) is 11.8. The Kier molecular flexibility index (Phi) is 5.91. The van der Waals surface area contributed by atoms with Gasteiger partial charge in [-0.2, -0.15) is 11.3 Å². The summed E-state index contributed by atoms with van der Waals surface area (Å²) in [6.07, 6.45) is 8.06. The summed E-state index contributed by atoms with van der Waals surface area (Å²) >= 11 is 1.75. The Morgan fingerprint density at radius 1 is 1.50 bits per heavy atom. The highest BCUT2D eigenvalue weighted by Gasteiger charge is 2.28. The van der Waals surface area contributed by atoms with Crippen molar-refractivity contribution in [2.75, 3.05) is 26.2 Å². The molecule has 1 N–H and O–H groups in total. The summed E-state index contributed by atoms with van der Waals surface area (Å²) in [4.78, 5) is 11.5. The molecule has 2 unspecified atom stereocenters. The van der Waals surface area contributed by atoms with Crippen LogP contribution in [-0.4, -0.2) is 46.6 Å². The smallest absolute Gasteiger partial charge is 0.193 e. The molecule has 6 heteroatoms. The van der Waals surface area contributed by atoms with Crippen LogP contribution < -0.4 is 5.32 Å². The molecule has 2 atom stereocenters. The number of nitrogens with one attached hydrogen (secondary N) is 1. The molecule has 0 bridgehead atoms. The van der Waals surface area contributed by atoms with Crippen LogP contribution in [0.25, 0.3) is 0 Å². The van der Waals surface area contributed by atoms with Gasteiger partial charge in [0.25, 0.3) is 0 Å². The Labute approximate surface area is 148 Å². The van der Waals surface area contributed by atoms with Crippen LogP contribution in [0, 0.1) is 5.92 Å². The maximum atomic E-state index is 4.86. The zero-order valence-electron chi connectivity index (χ0n) is 14.6. The van der Waals surface area contributed by atoms with Crippen molar-refractivity contribution in [3.8, 4) is 0 Å². The molecule has 0 aromatic carbocycles. The molecule has 0 saturated carbocycles. The van der Waals surface area contributed by atoms with E-state index in [-0.39, 0.29) is 0 Å². The predicted molar refractivity (Wildman–Crippen MR) is 101 cm³/mol. The standard InChI is InChI=1S/C18H27N5S/c1-3-20-18(21-7-4-16-6-11-24-13-16)22-9-5-15(2)17(12-22)23-10-8-19-14-23/h6,8,10-11,13-15,17H,3-5,7,9,12H2,1-2H3,(H,20,21). The molecule has 3 heterocycles. The monoisotopic (exact) mass is 345 g/mol. The summed E-state index contributed by atoms with van der Waals surface area (Å²) in [5.74, 6) is 1.70. The lowest BCUT2D eigenvalue weighted by molar-refractivity contribution is 0.189. The number of piperidine rings is 1. The molecule has 0 aliphatic carbocycles. The topological polar surface area (TPSA) is 45.5 Å². The van der Waals surface area contributed by atoms with Gasteiger partial charge in [-0.15, -0.1) is 0 Å². The Hall–Kier alpha value is -1.82. The van der Waals surface area contributed by atoms with E-state index in [1.165, 1.54) is 12.0 Å². The molecule has 5 nitrogen and oxygen atoms in total. The number of aliphatic imine (C=N–C) groups is 1. The highest BCUT2D eigenvalue weighted by atomic mass is 32.1. The number of rotatable bonds is 5. The van der Waals surface area contributed by atoms with Gasteiger partial charge in [0.1, 0.15) is 0 Å². The number of thiophene rings is 1. The second kappa shape index (κ2) is 8.33. The first kappa shape index (κ1) is 17.0. The Morgan fingerprint density at radius 3 is 3.12 bits per heavy atom. The molecule has 2 aromatic rings. The van der Waals surface area contributed by atoms with E-state index in [4.69, 9.17) is 4.99 Å². The van der Waals surface area contributed by atoms with Gasteiger partial charge in [-0.1, -0.05) is 6.92 Å². The third kappa shape index (κ3) is 4.17. The quantitative estimate of drug-likeness (QED) is 0.669. The minimum Gasteiger partial charge on any atom is -0.357 e. The molecule has 130 valence electrons. The largest absolute Gasteiger partial charge is 0.357 e. The SMILES string of the molecule is CCNC(=NCCc1ccsc1)N1CCC(C)C(n2ccnc2)C1. The minimum atomic E-state index is 0.460. The molecule has 24 heavy (non-hydrogen) atoms. The van der Waals surface area contributed by atoms with Crippen LogP contribution in [0.3, 0.4) is 0 Å². The molecule has 0 radical (unpaired) electrons. The number of likely N-dealkylation sites (tertiary alicyclic amines) is 1. The normalized spacial score (nSPS) is 21.9. The van der Waals surface area contributed by atoms with E-state index in [1.807, 2.05) is 12.5 Å². The Morgan fingerprint density at radius 2 is 2.42 bits per heavy atom. The summed E-state index contributed by atoms with van der Waals surface area (Å²) in [6, 6.07) is 2.65. The number of hydrogen-bond donors (Lipinski definition) is 1. The molecular formula is C18H27N5S. The first-order valence-corrected chi connectivity index (χ1v) is 9.74. The molecule has 0 amide bonds. The number of nitrogens with zero attached hydrogens (tertiary/aromatic N) is 4. The molecule has 3 rings (SSSR count). The van der Waals surface area contributed by atoms with Crippen molar-refractivity contribution in [1.82, 2.24) is 19.8 Å². The van der Waals surface area contributed by atoms with Crippen molar-refractivity contribution < 1.29 is 0 Å². The van der Waals surface area contributed by atoms with Crippen LogP contribution in [0.4, 0.5) is 0 Å². The van der Waals surface area contributed by atoms with E-state index in [9.17, 15) is 0 Å². The maximum absolute atomic E-state index is 4.86. The molecule has 2 aromatic heterocycles. The highest BCUT2D eigenvalue weighted by Crippen LogP contribution is 2.27. The third-order valence-electron chi connectivity index (χ3n) is 4.70. The fourth-order valence-electron chi connectivity index (χ4n) is 3.25. The summed E-state index contributed by atoms with van der Waals surface area (Å²) in [7, 11) is 0. The predicted octanol–water partition coefficient (Wildman–Crippen LogP) is 3.04. The van der Waals surface area contributed by atoms with E-state index in [1.54, 1.807) is 11.3 Å². The third-order valence-corrected chi connectivity index (χ3v) is 5.44. The molecule has 1 aliphatic rings. The number of imidazole rings is 1. The highest BCUT2D eigenvalue weighted by molar-refractivity contribution is 7.07. The van der Waals surface area contributed by atoms with E-state index in [0.717, 1.165) is 38.6 Å². The second-order valence-corrected chi connectivity index (χ2v) is 7.19. The van der Waals surface area contributed by atoms with E-state index >= 15 is 0 Å². The molecule has 1 aliphatic heterocycles. The van der Waals surface area contributed by atoms with Gasteiger partial charge in [0.05, 0.1) is 12.4 Å². The molecule has 1 saturated heterocycles. The number of hydrogen-bond acceptors (Lipinski definition) is 3. The number of aromatic nitrogens is 2. The Balaban J connectivity index is 1.66. The van der Waals surface area contributed by atoms with Gasteiger partial charge >= 0.3 is 0 Å². The van der Waals surface area contributed by atoms with Gasteiger partial charge in [-0.25, -0.2) is 4.98 Å². The first-order valence-electron chi connectivity index (χ1n) is 8.79. The van der Waals surface area contributed by atoms with Gasteiger partial charge in [-0.3, -0.25) is 4.99 Å². The van der Waals surface area contributed by atoms with E-state index < -0.39 is 0 Å². The van der Waals surface area contributed by atoms with Gasteiger partial charge in [0.2, 0.25) is 0 Å². The van der Waals surface area contributed by atoms with Crippen molar-refractivity contribution in [2.45, 2.75) is 32.7 Å². The van der Waals surface area contributed by atoms with Crippen LogP contribution >= 0.6 is 11.3 Å². The van der Waals surface area contributed by atoms with E-state index in [2.05, 4.69) is 56.6 Å². The summed E-state index contributed by atoms with van der Waals surface area (Å²) < 4.78 is 2.24. The summed E-state index contributed by atoms with van der Waals surface area (Å²) in [6.45, 7) is 8.26. The van der Waals surface area contributed by atoms with Crippen LogP contribution in [0.1, 0.15) is 31.9 Å². The average molecular weight is 346 g/mol. The fourth-order valence-corrected chi connectivity index (χ4v) is 3.95. The zero-order valence-corrected chi connectivity index (χ0v) is 15.4. The molecular weight excluding hydrogens is 318 g/mol. The lowest BCUT2D eigenvalue weighted by Crippen LogP contribution is -2.49. The summed E-state index contributed by atoms with van der Waals surface area (Å²) in [5.41, 5.74) is 1.38. The van der Waals surface area contributed by atoms with Crippen molar-refractivity contribution in [3.63, 3.8) is 0 Å². The lowest BCUT2D eigenvalue weighted by Gasteiger charge is -2.39. The van der Waals surface area contributed by atoms with Crippen LogP contribution in [-0.2, 0) is 6.42 Å². The van der Waals surface area contributed by atoms with Gasteiger partial charge in [0, 0.05) is 38.6 Å². The minimum absolute atomic E-state index is 0.460. The Bertz CT molecular complexity index is 620. The van der Waals surface area contributed by atoms with Crippen molar-refractivity contribution in [3.05, 3.63) is 41.1 Å². The van der Waals surface area contributed by atoms with E-state index in [0.29, 0.717) is 12.0 Å². The zero-order chi connectivity index (χ0) is 16.8. The van der Waals surface area contributed by atoms with Gasteiger partial charge in [-0.05, 0) is 48.1 Å². The van der Waals surface area contributed by atoms with Crippen LogP contribution in [0.2, 0.25) is 0 Å². The molecule has 0 spiro atoms. The van der Waals surface area contributed by atoms with Crippen molar-refractivity contribution >= 4 is 17.3 Å². The van der Waals surface area contributed by atoms with Crippen molar-refractivity contribution in [2.24, 2.45) is 10.9 Å². The average Bonchev–Trinajstić information content (AvgIpc) is 3.28. The van der Waals surface area contributed by atoms with Crippen LogP contribution in [0.15, 0.2) is 40.5 Å². The second-order valence-electron chi connectivity index (χ2n) is 6.41.